The Kier molecular flexibility index (Phi) is 4.84. The van der Waals surface area contributed by atoms with Gasteiger partial charge in [0, 0.05) is 33.4 Å². The van der Waals surface area contributed by atoms with Crippen molar-refractivity contribution in [3.8, 4) is 0 Å². The van der Waals surface area contributed by atoms with Crippen LogP contribution in [0.25, 0.3) is 0 Å². The molecule has 1 fully saturated rings. The minimum Gasteiger partial charge on any atom is -0.373 e. The van der Waals surface area contributed by atoms with Crippen LogP contribution in [0.4, 0.5) is 19.1 Å². The number of alkyl halides is 3. The molecule has 0 aromatic carbocycles. The molecule has 0 bridgehead atoms. The first-order valence-electron chi connectivity index (χ1n) is 8.74. The second-order valence-corrected chi connectivity index (χ2v) is 7.39. The van der Waals surface area contributed by atoms with Crippen molar-refractivity contribution < 1.29 is 27.8 Å². The number of hydrogen-bond acceptors (Lipinski definition) is 6. The molecule has 0 aliphatic carbocycles. The second kappa shape index (κ2) is 6.59. The Morgan fingerprint density at radius 1 is 1.33 bits per heavy atom. The van der Waals surface area contributed by atoms with Gasteiger partial charge in [0.15, 0.2) is 0 Å². The summed E-state index contributed by atoms with van der Waals surface area (Å²) in [6.07, 6.45) is -1.99. The van der Waals surface area contributed by atoms with Gasteiger partial charge in [-0.2, -0.15) is 13.2 Å². The van der Waals surface area contributed by atoms with Crippen LogP contribution in [0.15, 0.2) is 6.20 Å². The fraction of sp³-hybridized carbons (Fsp3) is 0.706. The van der Waals surface area contributed by atoms with Crippen LogP contribution < -0.4 is 4.90 Å². The molecule has 2 aliphatic rings. The normalized spacial score (nSPS) is 21.5. The third-order valence-corrected chi connectivity index (χ3v) is 5.26. The molecule has 1 saturated heterocycles. The second-order valence-electron chi connectivity index (χ2n) is 7.39. The summed E-state index contributed by atoms with van der Waals surface area (Å²) < 4.78 is 44.9. The number of anilines is 1. The van der Waals surface area contributed by atoms with Gasteiger partial charge >= 0.3 is 6.18 Å². The highest BCUT2D eigenvalue weighted by molar-refractivity contribution is 5.85. The summed E-state index contributed by atoms with van der Waals surface area (Å²) in [6.45, 7) is 1.05. The van der Waals surface area contributed by atoms with E-state index >= 15 is 0 Å². The number of aliphatic hydroxyl groups is 1. The largest absolute Gasteiger partial charge is 0.426 e. The highest BCUT2D eigenvalue weighted by Crippen LogP contribution is 2.42. The lowest BCUT2D eigenvalue weighted by molar-refractivity contribution is -0.251. The van der Waals surface area contributed by atoms with E-state index < -0.39 is 23.3 Å². The number of rotatable bonds is 2. The number of piperidine rings is 1. The van der Waals surface area contributed by atoms with Crippen LogP contribution in [0, 0.1) is 0 Å². The zero-order chi connectivity index (χ0) is 20.0. The van der Waals surface area contributed by atoms with E-state index in [2.05, 4.69) is 9.97 Å². The number of nitrogens with zero attached hydrogens (tertiary/aromatic N) is 4. The van der Waals surface area contributed by atoms with Gasteiger partial charge in [0.05, 0.1) is 12.3 Å². The minimum absolute atomic E-state index is 0.0474. The molecule has 0 saturated carbocycles. The lowest BCUT2D eigenvalue weighted by Crippen LogP contribution is -2.59. The maximum Gasteiger partial charge on any atom is 0.426 e. The molecule has 150 valence electrons. The van der Waals surface area contributed by atoms with Crippen molar-refractivity contribution in [3.63, 3.8) is 0 Å². The maximum absolute atomic E-state index is 13.0. The molecule has 3 rings (SSSR count). The van der Waals surface area contributed by atoms with Crippen LogP contribution >= 0.6 is 0 Å². The van der Waals surface area contributed by atoms with E-state index in [0.717, 1.165) is 16.2 Å². The highest BCUT2D eigenvalue weighted by Gasteiger charge is 2.58. The Morgan fingerprint density at radius 2 is 1.96 bits per heavy atom. The van der Waals surface area contributed by atoms with E-state index in [1.165, 1.54) is 0 Å². The number of hydrogen-bond donors (Lipinski definition) is 1. The Labute approximate surface area is 155 Å². The van der Waals surface area contributed by atoms with Gasteiger partial charge in [-0.15, -0.1) is 0 Å². The number of fused-ring (bicyclic) bond motifs is 2. The van der Waals surface area contributed by atoms with Gasteiger partial charge in [-0.1, -0.05) is 0 Å². The first-order valence-corrected chi connectivity index (χ1v) is 8.74. The summed E-state index contributed by atoms with van der Waals surface area (Å²) in [5, 5.41) is 9.66. The summed E-state index contributed by atoms with van der Waals surface area (Å²) in [5.74, 6) is -0.810. The van der Waals surface area contributed by atoms with Crippen LogP contribution in [0.3, 0.4) is 0 Å². The minimum atomic E-state index is -5.03. The molecule has 2 aliphatic heterocycles. The number of carbonyl (C=O) groups excluding carboxylic acids is 1. The van der Waals surface area contributed by atoms with Gasteiger partial charge in [-0.3, -0.25) is 4.79 Å². The Balaban J connectivity index is 1.82. The van der Waals surface area contributed by atoms with Crippen LogP contribution in [0.5, 0.6) is 0 Å². The highest BCUT2D eigenvalue weighted by atomic mass is 19.4. The van der Waals surface area contributed by atoms with E-state index in [4.69, 9.17) is 4.74 Å². The van der Waals surface area contributed by atoms with E-state index in [9.17, 15) is 23.1 Å². The molecule has 1 aromatic heterocycles. The van der Waals surface area contributed by atoms with Crippen molar-refractivity contribution in [3.05, 3.63) is 17.5 Å². The van der Waals surface area contributed by atoms with E-state index in [1.54, 1.807) is 11.1 Å². The monoisotopic (exact) mass is 388 g/mol. The van der Waals surface area contributed by atoms with E-state index in [0.29, 0.717) is 38.7 Å². The summed E-state index contributed by atoms with van der Waals surface area (Å²) >= 11 is 0. The van der Waals surface area contributed by atoms with Crippen molar-refractivity contribution in [2.45, 2.75) is 43.6 Å². The van der Waals surface area contributed by atoms with Crippen molar-refractivity contribution >= 4 is 11.9 Å². The molecule has 1 aromatic rings. The van der Waals surface area contributed by atoms with Crippen molar-refractivity contribution in [2.24, 2.45) is 0 Å². The smallest absolute Gasteiger partial charge is 0.373 e. The Bertz CT molecular complexity index is 729. The summed E-state index contributed by atoms with van der Waals surface area (Å²) in [7, 11) is 3.64. The first kappa shape index (κ1) is 19.8. The maximum atomic E-state index is 13.0. The molecule has 10 heteroatoms. The molecule has 1 atom stereocenters. The Morgan fingerprint density at radius 3 is 2.52 bits per heavy atom. The molecule has 1 N–H and O–H groups in total. The SMILES string of the molecule is CN(C)c1ncc2c(n1)C1(CCN(C(=O)C(C)(O)C(F)(F)F)CC1)OCC2. The van der Waals surface area contributed by atoms with Crippen molar-refractivity contribution in [2.75, 3.05) is 38.7 Å². The predicted molar refractivity (Wildman–Crippen MR) is 90.2 cm³/mol. The van der Waals surface area contributed by atoms with Gasteiger partial charge in [0.1, 0.15) is 5.60 Å². The molecule has 1 unspecified atom stereocenters. The van der Waals surface area contributed by atoms with Gasteiger partial charge in [-0.05, 0) is 31.7 Å². The third-order valence-electron chi connectivity index (χ3n) is 5.26. The van der Waals surface area contributed by atoms with Crippen molar-refractivity contribution in [1.82, 2.24) is 14.9 Å². The van der Waals surface area contributed by atoms with E-state index in [-0.39, 0.29) is 13.1 Å². The third kappa shape index (κ3) is 3.36. The van der Waals surface area contributed by atoms with Gasteiger partial charge in [0.2, 0.25) is 11.5 Å². The summed E-state index contributed by atoms with van der Waals surface area (Å²) in [5.41, 5.74) is -2.46. The number of aromatic nitrogens is 2. The van der Waals surface area contributed by atoms with Gasteiger partial charge < -0.3 is 19.6 Å². The topological polar surface area (TPSA) is 78.8 Å². The average molecular weight is 388 g/mol. The lowest BCUT2D eigenvalue weighted by atomic mass is 9.83. The van der Waals surface area contributed by atoms with Crippen LogP contribution in [-0.2, 0) is 21.6 Å². The fourth-order valence-corrected chi connectivity index (χ4v) is 3.50. The predicted octanol–water partition coefficient (Wildman–Crippen LogP) is 1.25. The van der Waals surface area contributed by atoms with Crippen LogP contribution in [-0.4, -0.2) is 71.5 Å². The molecular formula is C17H23F3N4O3. The zero-order valence-electron chi connectivity index (χ0n) is 15.5. The van der Waals surface area contributed by atoms with Crippen LogP contribution in [0.2, 0.25) is 0 Å². The molecule has 27 heavy (non-hydrogen) atoms. The fourth-order valence-electron chi connectivity index (χ4n) is 3.50. The number of ether oxygens (including phenoxy) is 1. The molecular weight excluding hydrogens is 365 g/mol. The molecule has 0 radical (unpaired) electrons. The molecule has 1 spiro atoms. The first-order chi connectivity index (χ1) is 12.5. The summed E-state index contributed by atoms with van der Waals surface area (Å²) in [4.78, 5) is 23.9. The molecule has 7 nitrogen and oxygen atoms in total. The van der Waals surface area contributed by atoms with Crippen LogP contribution in [0.1, 0.15) is 31.0 Å². The van der Waals surface area contributed by atoms with Gasteiger partial charge in [0.25, 0.3) is 5.91 Å². The Hall–Kier alpha value is -1.94. The number of amides is 1. The van der Waals surface area contributed by atoms with Crippen molar-refractivity contribution in [1.29, 1.82) is 0 Å². The summed E-state index contributed by atoms with van der Waals surface area (Å²) in [6, 6.07) is 0. The molecule has 3 heterocycles. The number of halogens is 3. The zero-order valence-corrected chi connectivity index (χ0v) is 15.5. The quantitative estimate of drug-likeness (QED) is 0.822. The standard InChI is InChI=1S/C17H23F3N4O3/c1-15(26,17(18,19)20)13(25)24-7-5-16(6-8-24)12-11(4-9-27-16)10-21-14(22-12)23(2)3/h10,26H,4-9H2,1-3H3. The van der Waals surface area contributed by atoms with E-state index in [1.807, 2.05) is 14.1 Å². The number of carbonyl (C=O) groups is 1. The van der Waals surface area contributed by atoms with Gasteiger partial charge in [-0.25, -0.2) is 9.97 Å². The molecule has 1 amide bonds. The number of likely N-dealkylation sites (tertiary alicyclic amines) is 1. The average Bonchev–Trinajstić information content (AvgIpc) is 2.61. The lowest BCUT2D eigenvalue weighted by Gasteiger charge is -2.45.